The van der Waals surface area contributed by atoms with Crippen molar-refractivity contribution in [2.45, 2.75) is 31.9 Å². The van der Waals surface area contributed by atoms with Gasteiger partial charge in [-0.1, -0.05) is 18.2 Å². The van der Waals surface area contributed by atoms with E-state index in [1.54, 1.807) is 24.3 Å². The van der Waals surface area contributed by atoms with Gasteiger partial charge in [-0.25, -0.2) is 9.59 Å². The van der Waals surface area contributed by atoms with Crippen molar-refractivity contribution in [3.05, 3.63) is 30.3 Å². The van der Waals surface area contributed by atoms with Gasteiger partial charge in [-0.3, -0.25) is 10.1 Å². The van der Waals surface area contributed by atoms with Crippen molar-refractivity contribution in [1.82, 2.24) is 10.6 Å². The van der Waals surface area contributed by atoms with Gasteiger partial charge in [0.1, 0.15) is 5.75 Å². The molecule has 0 saturated heterocycles. The second-order valence-corrected chi connectivity index (χ2v) is 4.98. The van der Waals surface area contributed by atoms with Gasteiger partial charge in [-0.2, -0.15) is 0 Å². The molecular formula is C15H18N2O5. The molecule has 0 radical (unpaired) electrons. The number of carbonyl (C=O) groups excluding carboxylic acids is 3. The average Bonchev–Trinajstić information content (AvgIpc) is 3.29. The fourth-order valence-corrected chi connectivity index (χ4v) is 1.62. The van der Waals surface area contributed by atoms with Crippen molar-refractivity contribution >= 4 is 17.9 Å². The summed E-state index contributed by atoms with van der Waals surface area (Å²) in [5.74, 6) is -0.833. The summed E-state index contributed by atoms with van der Waals surface area (Å²) in [6, 6.07) is 8.37. The molecule has 0 heterocycles. The number of benzene rings is 1. The van der Waals surface area contributed by atoms with E-state index in [0.29, 0.717) is 5.75 Å². The summed E-state index contributed by atoms with van der Waals surface area (Å²) < 4.78 is 10.2. The zero-order chi connectivity index (χ0) is 15.9. The van der Waals surface area contributed by atoms with Gasteiger partial charge in [0.25, 0.3) is 5.91 Å². The maximum absolute atomic E-state index is 11.7. The highest BCUT2D eigenvalue weighted by Crippen LogP contribution is 2.18. The minimum Gasteiger partial charge on any atom is -0.479 e. The first-order valence-corrected chi connectivity index (χ1v) is 7.03. The van der Waals surface area contributed by atoms with Crippen molar-refractivity contribution in [3.8, 4) is 5.75 Å². The monoisotopic (exact) mass is 306 g/mol. The molecule has 1 aromatic carbocycles. The molecule has 7 nitrogen and oxygen atoms in total. The Morgan fingerprint density at radius 3 is 2.55 bits per heavy atom. The molecule has 1 saturated carbocycles. The molecule has 2 rings (SSSR count). The van der Waals surface area contributed by atoms with Crippen LogP contribution in [0.4, 0.5) is 4.79 Å². The van der Waals surface area contributed by atoms with Crippen LogP contribution in [-0.2, 0) is 14.3 Å². The standard InChI is InChI=1S/C15H18N2O5/c1-10(22-12-5-3-2-4-6-12)14(19)21-9-13(18)17-15(20)16-11-7-8-11/h2-6,10-11H,7-9H2,1H3,(H2,16,17,18,20)/t10-/m0/s1. The molecule has 7 heteroatoms. The fraction of sp³-hybridized carbons (Fsp3) is 0.400. The highest BCUT2D eigenvalue weighted by Gasteiger charge is 2.24. The van der Waals surface area contributed by atoms with Crippen LogP contribution in [-0.4, -0.2) is 36.7 Å². The number of hydrogen-bond acceptors (Lipinski definition) is 5. The lowest BCUT2D eigenvalue weighted by Crippen LogP contribution is -2.42. The highest BCUT2D eigenvalue weighted by molar-refractivity contribution is 5.95. The van der Waals surface area contributed by atoms with Crippen LogP contribution < -0.4 is 15.4 Å². The summed E-state index contributed by atoms with van der Waals surface area (Å²) in [5.41, 5.74) is 0. The molecule has 3 amide bonds. The van der Waals surface area contributed by atoms with E-state index in [4.69, 9.17) is 9.47 Å². The van der Waals surface area contributed by atoms with Gasteiger partial charge in [0.05, 0.1) is 0 Å². The maximum atomic E-state index is 11.7. The second-order valence-electron chi connectivity index (χ2n) is 4.98. The summed E-state index contributed by atoms with van der Waals surface area (Å²) in [6.45, 7) is 0.993. The van der Waals surface area contributed by atoms with Crippen molar-refractivity contribution < 1.29 is 23.9 Å². The van der Waals surface area contributed by atoms with Crippen LogP contribution in [0, 0.1) is 0 Å². The SMILES string of the molecule is C[C@H](Oc1ccccc1)C(=O)OCC(=O)NC(=O)NC1CC1. The predicted molar refractivity (Wildman–Crippen MR) is 77.2 cm³/mol. The first-order valence-electron chi connectivity index (χ1n) is 7.03. The molecule has 1 aliphatic rings. The summed E-state index contributed by atoms with van der Waals surface area (Å²) in [4.78, 5) is 34.5. The van der Waals surface area contributed by atoms with E-state index in [0.717, 1.165) is 12.8 Å². The minimum absolute atomic E-state index is 0.148. The Kier molecular flexibility index (Phi) is 5.35. The smallest absolute Gasteiger partial charge is 0.347 e. The van der Waals surface area contributed by atoms with Gasteiger partial charge < -0.3 is 14.8 Å². The molecule has 1 aromatic rings. The molecule has 0 aromatic heterocycles. The molecule has 2 N–H and O–H groups in total. The third-order valence-corrected chi connectivity index (χ3v) is 2.90. The number of nitrogens with one attached hydrogen (secondary N) is 2. The Balaban J connectivity index is 1.67. The Hall–Kier alpha value is -2.57. The van der Waals surface area contributed by atoms with E-state index >= 15 is 0 Å². The lowest BCUT2D eigenvalue weighted by molar-refractivity contribution is -0.154. The number of amides is 3. The molecule has 1 fully saturated rings. The molecule has 0 unspecified atom stereocenters. The number of carbonyl (C=O) groups is 3. The van der Waals surface area contributed by atoms with E-state index in [9.17, 15) is 14.4 Å². The molecule has 0 spiro atoms. The highest BCUT2D eigenvalue weighted by atomic mass is 16.6. The normalized spacial score (nSPS) is 14.6. The Labute approximate surface area is 128 Å². The molecule has 0 aliphatic heterocycles. The first-order chi connectivity index (χ1) is 10.5. The third-order valence-electron chi connectivity index (χ3n) is 2.90. The molecule has 0 bridgehead atoms. The number of urea groups is 1. The molecule has 1 aliphatic carbocycles. The summed E-state index contributed by atoms with van der Waals surface area (Å²) in [5, 5.41) is 4.68. The Bertz CT molecular complexity index is 542. The zero-order valence-electron chi connectivity index (χ0n) is 12.2. The molecule has 1 atom stereocenters. The zero-order valence-corrected chi connectivity index (χ0v) is 12.2. The third kappa shape index (κ3) is 5.43. The lowest BCUT2D eigenvalue weighted by atomic mass is 10.3. The van der Waals surface area contributed by atoms with Crippen LogP contribution in [0.1, 0.15) is 19.8 Å². The van der Waals surface area contributed by atoms with Gasteiger partial charge in [0.15, 0.2) is 12.7 Å². The maximum Gasteiger partial charge on any atom is 0.347 e. The van der Waals surface area contributed by atoms with Crippen LogP contribution in [0.15, 0.2) is 30.3 Å². The van der Waals surface area contributed by atoms with Crippen LogP contribution in [0.5, 0.6) is 5.75 Å². The Morgan fingerprint density at radius 2 is 1.91 bits per heavy atom. The minimum atomic E-state index is -0.851. The van der Waals surface area contributed by atoms with Crippen molar-refractivity contribution in [2.75, 3.05) is 6.61 Å². The quantitative estimate of drug-likeness (QED) is 0.764. The van der Waals surface area contributed by atoms with Crippen LogP contribution in [0.3, 0.4) is 0 Å². The number of ether oxygens (including phenoxy) is 2. The number of hydrogen-bond donors (Lipinski definition) is 2. The summed E-state index contributed by atoms with van der Waals surface area (Å²) >= 11 is 0. The number of rotatable bonds is 6. The van der Waals surface area contributed by atoms with Gasteiger partial charge >= 0.3 is 12.0 Å². The molecule has 118 valence electrons. The first kappa shape index (κ1) is 15.8. The largest absolute Gasteiger partial charge is 0.479 e. The predicted octanol–water partition coefficient (Wildman–Crippen LogP) is 0.985. The van der Waals surface area contributed by atoms with E-state index in [1.807, 2.05) is 6.07 Å². The van der Waals surface area contributed by atoms with Crippen LogP contribution >= 0.6 is 0 Å². The summed E-state index contributed by atoms with van der Waals surface area (Å²) in [7, 11) is 0. The Morgan fingerprint density at radius 1 is 1.23 bits per heavy atom. The van der Waals surface area contributed by atoms with E-state index < -0.39 is 30.6 Å². The van der Waals surface area contributed by atoms with E-state index in [-0.39, 0.29) is 6.04 Å². The second kappa shape index (κ2) is 7.44. The number of imide groups is 1. The number of esters is 1. The number of para-hydroxylation sites is 1. The van der Waals surface area contributed by atoms with Crippen molar-refractivity contribution in [1.29, 1.82) is 0 Å². The topological polar surface area (TPSA) is 93.7 Å². The van der Waals surface area contributed by atoms with Crippen LogP contribution in [0.25, 0.3) is 0 Å². The summed E-state index contributed by atoms with van der Waals surface area (Å²) in [6.07, 6.45) is 0.992. The molecular weight excluding hydrogens is 288 g/mol. The van der Waals surface area contributed by atoms with E-state index in [2.05, 4.69) is 10.6 Å². The van der Waals surface area contributed by atoms with Gasteiger partial charge in [0, 0.05) is 6.04 Å². The lowest BCUT2D eigenvalue weighted by Gasteiger charge is -2.13. The fourth-order valence-electron chi connectivity index (χ4n) is 1.62. The van der Waals surface area contributed by atoms with Gasteiger partial charge in [0.2, 0.25) is 0 Å². The van der Waals surface area contributed by atoms with Gasteiger partial charge in [-0.15, -0.1) is 0 Å². The van der Waals surface area contributed by atoms with Gasteiger partial charge in [-0.05, 0) is 31.9 Å². The van der Waals surface area contributed by atoms with Crippen LogP contribution in [0.2, 0.25) is 0 Å². The van der Waals surface area contributed by atoms with Crippen molar-refractivity contribution in [3.63, 3.8) is 0 Å². The van der Waals surface area contributed by atoms with Crippen molar-refractivity contribution in [2.24, 2.45) is 0 Å². The average molecular weight is 306 g/mol. The molecule has 22 heavy (non-hydrogen) atoms. The van der Waals surface area contributed by atoms with E-state index in [1.165, 1.54) is 6.92 Å².